The Balaban J connectivity index is 2.48. The third kappa shape index (κ3) is 4.11. The van der Waals surface area contributed by atoms with Gasteiger partial charge in [-0.1, -0.05) is 18.5 Å². The quantitative estimate of drug-likeness (QED) is 0.863. The standard InChI is InChI=1S/C12H15ClO3/c1-8(5-12(14)15)7-16-10-3-4-11(13)9(2)6-10/h3-4,6,8H,5,7H2,1-2H3,(H,14,15). The van der Waals surface area contributed by atoms with Gasteiger partial charge in [-0.25, -0.2) is 0 Å². The van der Waals surface area contributed by atoms with Gasteiger partial charge in [0.15, 0.2) is 0 Å². The van der Waals surface area contributed by atoms with Crippen LogP contribution >= 0.6 is 11.6 Å². The first-order chi connectivity index (χ1) is 7.49. The zero-order valence-corrected chi connectivity index (χ0v) is 10.1. The lowest BCUT2D eigenvalue weighted by molar-refractivity contribution is -0.138. The van der Waals surface area contributed by atoms with Gasteiger partial charge >= 0.3 is 5.97 Å². The molecular formula is C12H15ClO3. The van der Waals surface area contributed by atoms with E-state index < -0.39 is 5.97 Å². The molecule has 1 N–H and O–H groups in total. The fraction of sp³-hybridized carbons (Fsp3) is 0.417. The molecule has 1 aromatic carbocycles. The van der Waals surface area contributed by atoms with Crippen molar-refractivity contribution in [3.63, 3.8) is 0 Å². The Labute approximate surface area is 100.0 Å². The predicted molar refractivity (Wildman–Crippen MR) is 63.1 cm³/mol. The summed E-state index contributed by atoms with van der Waals surface area (Å²) in [5.74, 6) is -0.0870. The maximum Gasteiger partial charge on any atom is 0.303 e. The van der Waals surface area contributed by atoms with Gasteiger partial charge in [0.25, 0.3) is 0 Å². The second kappa shape index (κ2) is 5.75. The SMILES string of the molecule is Cc1cc(OCC(C)CC(=O)O)ccc1Cl. The van der Waals surface area contributed by atoms with Gasteiger partial charge in [-0.2, -0.15) is 0 Å². The predicted octanol–water partition coefficient (Wildman–Crippen LogP) is 3.14. The van der Waals surface area contributed by atoms with E-state index in [0.717, 1.165) is 11.3 Å². The maximum absolute atomic E-state index is 10.4. The first-order valence-electron chi connectivity index (χ1n) is 5.09. The first-order valence-corrected chi connectivity index (χ1v) is 5.47. The van der Waals surface area contributed by atoms with E-state index in [1.165, 1.54) is 0 Å². The zero-order valence-electron chi connectivity index (χ0n) is 9.37. The molecule has 88 valence electrons. The van der Waals surface area contributed by atoms with Crippen LogP contribution in [-0.4, -0.2) is 17.7 Å². The molecule has 0 spiro atoms. The van der Waals surface area contributed by atoms with E-state index in [0.29, 0.717) is 11.6 Å². The highest BCUT2D eigenvalue weighted by Crippen LogP contribution is 2.21. The Morgan fingerprint density at radius 3 is 2.81 bits per heavy atom. The highest BCUT2D eigenvalue weighted by molar-refractivity contribution is 6.31. The van der Waals surface area contributed by atoms with Gasteiger partial charge in [-0.15, -0.1) is 0 Å². The van der Waals surface area contributed by atoms with E-state index in [4.69, 9.17) is 21.4 Å². The Morgan fingerprint density at radius 1 is 1.56 bits per heavy atom. The van der Waals surface area contributed by atoms with Gasteiger partial charge in [-0.3, -0.25) is 4.79 Å². The molecule has 16 heavy (non-hydrogen) atoms. The summed E-state index contributed by atoms with van der Waals surface area (Å²) in [4.78, 5) is 10.4. The molecular weight excluding hydrogens is 228 g/mol. The normalized spacial score (nSPS) is 12.2. The molecule has 0 saturated heterocycles. The molecule has 0 bridgehead atoms. The first kappa shape index (κ1) is 12.8. The van der Waals surface area contributed by atoms with Crippen LogP contribution in [0.4, 0.5) is 0 Å². The number of aliphatic carboxylic acids is 1. The van der Waals surface area contributed by atoms with Crippen molar-refractivity contribution in [3.8, 4) is 5.75 Å². The summed E-state index contributed by atoms with van der Waals surface area (Å²) in [6.45, 7) is 4.14. The van der Waals surface area contributed by atoms with Crippen LogP contribution in [0, 0.1) is 12.8 Å². The third-order valence-corrected chi connectivity index (χ3v) is 2.61. The van der Waals surface area contributed by atoms with Crippen LogP contribution in [0.2, 0.25) is 5.02 Å². The summed E-state index contributed by atoms with van der Waals surface area (Å²) in [5, 5.41) is 9.29. The molecule has 1 unspecified atom stereocenters. The summed E-state index contributed by atoms with van der Waals surface area (Å²) in [7, 11) is 0. The smallest absolute Gasteiger partial charge is 0.303 e. The van der Waals surface area contributed by atoms with Crippen molar-refractivity contribution < 1.29 is 14.6 Å². The van der Waals surface area contributed by atoms with Crippen LogP contribution in [0.25, 0.3) is 0 Å². The zero-order chi connectivity index (χ0) is 12.1. The fourth-order valence-electron chi connectivity index (χ4n) is 1.30. The average molecular weight is 243 g/mol. The molecule has 1 atom stereocenters. The monoisotopic (exact) mass is 242 g/mol. The number of carboxylic acids is 1. The molecule has 0 fully saturated rings. The second-order valence-electron chi connectivity index (χ2n) is 3.93. The molecule has 0 aromatic heterocycles. The molecule has 0 aliphatic carbocycles. The van der Waals surface area contributed by atoms with E-state index >= 15 is 0 Å². The highest BCUT2D eigenvalue weighted by atomic mass is 35.5. The molecule has 3 nitrogen and oxygen atoms in total. The van der Waals surface area contributed by atoms with E-state index in [1.807, 2.05) is 19.9 Å². The maximum atomic E-state index is 10.4. The lowest BCUT2D eigenvalue weighted by Crippen LogP contribution is -2.12. The fourth-order valence-corrected chi connectivity index (χ4v) is 1.42. The van der Waals surface area contributed by atoms with Crippen LogP contribution in [0.5, 0.6) is 5.75 Å². The number of carbonyl (C=O) groups is 1. The molecule has 0 aliphatic heterocycles. The largest absolute Gasteiger partial charge is 0.493 e. The van der Waals surface area contributed by atoms with Crippen LogP contribution < -0.4 is 4.74 Å². The van der Waals surface area contributed by atoms with Crippen molar-refractivity contribution in [1.29, 1.82) is 0 Å². The summed E-state index contributed by atoms with van der Waals surface area (Å²) in [6.07, 6.45) is 0.118. The van der Waals surface area contributed by atoms with Gasteiger partial charge < -0.3 is 9.84 Å². The number of rotatable bonds is 5. The topological polar surface area (TPSA) is 46.5 Å². The average Bonchev–Trinajstić information content (AvgIpc) is 2.19. The minimum Gasteiger partial charge on any atom is -0.493 e. The van der Waals surface area contributed by atoms with Crippen molar-refractivity contribution in [2.75, 3.05) is 6.61 Å². The van der Waals surface area contributed by atoms with Gasteiger partial charge in [0, 0.05) is 10.9 Å². The number of hydrogen-bond donors (Lipinski definition) is 1. The van der Waals surface area contributed by atoms with Crippen molar-refractivity contribution in [2.24, 2.45) is 5.92 Å². The number of aryl methyl sites for hydroxylation is 1. The number of halogens is 1. The van der Waals surface area contributed by atoms with Crippen LogP contribution in [0.15, 0.2) is 18.2 Å². The molecule has 0 heterocycles. The van der Waals surface area contributed by atoms with Gasteiger partial charge in [0.1, 0.15) is 5.75 Å². The Morgan fingerprint density at radius 2 is 2.25 bits per heavy atom. The minimum absolute atomic E-state index is 0.00603. The van der Waals surface area contributed by atoms with E-state index in [9.17, 15) is 4.79 Å². The van der Waals surface area contributed by atoms with Crippen molar-refractivity contribution >= 4 is 17.6 Å². The van der Waals surface area contributed by atoms with Gasteiger partial charge in [0.2, 0.25) is 0 Å². The molecule has 1 aromatic rings. The molecule has 0 saturated carbocycles. The van der Waals surface area contributed by atoms with E-state index in [1.54, 1.807) is 12.1 Å². The van der Waals surface area contributed by atoms with Gasteiger partial charge in [-0.05, 0) is 30.7 Å². The second-order valence-corrected chi connectivity index (χ2v) is 4.33. The van der Waals surface area contributed by atoms with Crippen molar-refractivity contribution in [3.05, 3.63) is 28.8 Å². The summed E-state index contributed by atoms with van der Waals surface area (Å²) >= 11 is 5.88. The molecule has 0 aliphatic rings. The molecule has 4 heteroatoms. The number of hydrogen-bond acceptors (Lipinski definition) is 2. The summed E-state index contributed by atoms with van der Waals surface area (Å²) in [5.41, 5.74) is 0.949. The molecule has 1 rings (SSSR count). The van der Waals surface area contributed by atoms with Gasteiger partial charge in [0.05, 0.1) is 13.0 Å². The van der Waals surface area contributed by atoms with Crippen LogP contribution in [0.1, 0.15) is 18.9 Å². The Bertz CT molecular complexity index is 377. The molecule has 0 radical (unpaired) electrons. The number of benzene rings is 1. The van der Waals surface area contributed by atoms with Crippen LogP contribution in [0.3, 0.4) is 0 Å². The van der Waals surface area contributed by atoms with Crippen molar-refractivity contribution in [2.45, 2.75) is 20.3 Å². The Hall–Kier alpha value is -1.22. The lowest BCUT2D eigenvalue weighted by atomic mass is 10.1. The van der Waals surface area contributed by atoms with E-state index in [2.05, 4.69) is 0 Å². The summed E-state index contributed by atoms with van der Waals surface area (Å²) < 4.78 is 5.48. The Kier molecular flexibility index (Phi) is 4.62. The number of carboxylic acid groups (broad SMARTS) is 1. The summed E-state index contributed by atoms with van der Waals surface area (Å²) in [6, 6.07) is 5.40. The highest BCUT2D eigenvalue weighted by Gasteiger charge is 2.08. The minimum atomic E-state index is -0.802. The molecule has 0 amide bonds. The number of ether oxygens (including phenoxy) is 1. The lowest BCUT2D eigenvalue weighted by Gasteiger charge is -2.11. The van der Waals surface area contributed by atoms with Crippen molar-refractivity contribution in [1.82, 2.24) is 0 Å². The third-order valence-electron chi connectivity index (χ3n) is 2.19. The van der Waals surface area contributed by atoms with Crippen LogP contribution in [-0.2, 0) is 4.79 Å². The van der Waals surface area contributed by atoms with E-state index in [-0.39, 0.29) is 12.3 Å².